The Morgan fingerprint density at radius 1 is 1.05 bits per heavy atom. The molecule has 1 saturated carbocycles. The van der Waals surface area contributed by atoms with Gasteiger partial charge in [0, 0.05) is 5.92 Å². The summed E-state index contributed by atoms with van der Waals surface area (Å²) in [5.41, 5.74) is 1.78. The molecule has 1 fully saturated rings. The number of aliphatic hydroxyl groups excluding tert-OH is 1. The molecule has 1 aliphatic carbocycles. The smallest absolute Gasteiger partial charge is 0.224 e. The van der Waals surface area contributed by atoms with Crippen LogP contribution in [-0.4, -0.2) is 17.1 Å². The first-order valence-electron chi connectivity index (χ1n) is 7.42. The number of hydrogen-bond donors (Lipinski definition) is 2. The van der Waals surface area contributed by atoms with Crippen LogP contribution in [0.1, 0.15) is 30.0 Å². The molecule has 1 amide bonds. The van der Waals surface area contributed by atoms with Gasteiger partial charge in [-0.3, -0.25) is 4.79 Å². The van der Waals surface area contributed by atoms with Gasteiger partial charge in [-0.2, -0.15) is 0 Å². The molecule has 2 N–H and O–H groups in total. The lowest BCUT2D eigenvalue weighted by molar-refractivity contribution is -0.131. The molecule has 2 aromatic rings. The molecule has 0 radical (unpaired) electrons. The predicted molar refractivity (Wildman–Crippen MR) is 81.6 cm³/mol. The first kappa shape index (κ1) is 14.7. The standard InChI is InChI=1S/C18H18FNO2/c19-15-8-6-13(7-9-15)17(12-4-2-1-3-5-12)20-18(22)14-10-16(21)11-14/h1-9,14,16-17,21H,10-11H2,(H,20,22)/t14?,16?,17-/m1/s1. The van der Waals surface area contributed by atoms with Crippen LogP contribution >= 0.6 is 0 Å². The molecule has 0 spiro atoms. The van der Waals surface area contributed by atoms with Crippen molar-refractivity contribution in [3.63, 3.8) is 0 Å². The maximum absolute atomic E-state index is 13.1. The second-order valence-electron chi connectivity index (χ2n) is 5.73. The molecule has 0 aromatic heterocycles. The van der Waals surface area contributed by atoms with Crippen molar-refractivity contribution in [2.45, 2.75) is 25.0 Å². The van der Waals surface area contributed by atoms with Gasteiger partial charge in [0.15, 0.2) is 0 Å². The van der Waals surface area contributed by atoms with Crippen LogP contribution in [0.5, 0.6) is 0 Å². The minimum absolute atomic E-state index is 0.0662. The average molecular weight is 299 g/mol. The summed E-state index contributed by atoms with van der Waals surface area (Å²) in [6.45, 7) is 0. The third-order valence-electron chi connectivity index (χ3n) is 4.11. The predicted octanol–water partition coefficient (Wildman–Crippen LogP) is 2.80. The van der Waals surface area contributed by atoms with Crippen LogP contribution in [0.15, 0.2) is 54.6 Å². The van der Waals surface area contributed by atoms with E-state index in [-0.39, 0.29) is 29.8 Å². The van der Waals surface area contributed by atoms with Crippen molar-refractivity contribution < 1.29 is 14.3 Å². The number of carbonyl (C=O) groups excluding carboxylic acids is 1. The largest absolute Gasteiger partial charge is 0.393 e. The lowest BCUT2D eigenvalue weighted by atomic mass is 9.81. The first-order chi connectivity index (χ1) is 10.6. The molecule has 114 valence electrons. The molecule has 1 atom stereocenters. The molecule has 0 aliphatic heterocycles. The number of carbonyl (C=O) groups is 1. The van der Waals surface area contributed by atoms with Crippen LogP contribution in [0.2, 0.25) is 0 Å². The zero-order valence-electron chi connectivity index (χ0n) is 12.1. The summed E-state index contributed by atoms with van der Waals surface area (Å²) in [7, 11) is 0. The van der Waals surface area contributed by atoms with Crippen molar-refractivity contribution >= 4 is 5.91 Å². The number of benzene rings is 2. The third kappa shape index (κ3) is 3.17. The molecular formula is C18H18FNO2. The Kier molecular flexibility index (Phi) is 4.20. The Labute approximate surface area is 128 Å². The number of aliphatic hydroxyl groups is 1. The third-order valence-corrected chi connectivity index (χ3v) is 4.11. The van der Waals surface area contributed by atoms with E-state index in [1.54, 1.807) is 12.1 Å². The highest BCUT2D eigenvalue weighted by atomic mass is 19.1. The first-order valence-corrected chi connectivity index (χ1v) is 7.42. The molecule has 1 aliphatic rings. The van der Waals surface area contributed by atoms with E-state index in [0.717, 1.165) is 11.1 Å². The Balaban J connectivity index is 1.83. The Hall–Kier alpha value is -2.20. The summed E-state index contributed by atoms with van der Waals surface area (Å²) in [4.78, 5) is 12.3. The van der Waals surface area contributed by atoms with Crippen molar-refractivity contribution in [2.24, 2.45) is 5.92 Å². The molecule has 0 unspecified atom stereocenters. The quantitative estimate of drug-likeness (QED) is 0.912. The van der Waals surface area contributed by atoms with Gasteiger partial charge in [0.1, 0.15) is 5.82 Å². The van der Waals surface area contributed by atoms with E-state index in [9.17, 15) is 14.3 Å². The fraction of sp³-hybridized carbons (Fsp3) is 0.278. The molecule has 0 bridgehead atoms. The minimum atomic E-state index is -0.364. The summed E-state index contributed by atoms with van der Waals surface area (Å²) in [5, 5.41) is 12.4. The van der Waals surface area contributed by atoms with E-state index in [2.05, 4.69) is 5.32 Å². The van der Waals surface area contributed by atoms with Crippen molar-refractivity contribution in [3.05, 3.63) is 71.5 Å². The van der Waals surface area contributed by atoms with Crippen molar-refractivity contribution in [2.75, 3.05) is 0 Å². The minimum Gasteiger partial charge on any atom is -0.393 e. The SMILES string of the molecule is O=C(N[C@H](c1ccccc1)c1ccc(F)cc1)C1CC(O)C1. The molecule has 3 rings (SSSR count). The molecule has 0 heterocycles. The van der Waals surface area contributed by atoms with Gasteiger partial charge in [0.05, 0.1) is 12.1 Å². The van der Waals surface area contributed by atoms with Crippen molar-refractivity contribution in [1.29, 1.82) is 0 Å². The van der Waals surface area contributed by atoms with E-state index in [1.165, 1.54) is 12.1 Å². The van der Waals surface area contributed by atoms with Crippen LogP contribution in [0.3, 0.4) is 0 Å². The van der Waals surface area contributed by atoms with E-state index in [4.69, 9.17) is 0 Å². The lowest BCUT2D eigenvalue weighted by Crippen LogP contribution is -2.42. The highest BCUT2D eigenvalue weighted by molar-refractivity contribution is 5.80. The molecule has 2 aromatic carbocycles. The second-order valence-corrected chi connectivity index (χ2v) is 5.73. The van der Waals surface area contributed by atoms with E-state index in [0.29, 0.717) is 12.8 Å². The van der Waals surface area contributed by atoms with Gasteiger partial charge < -0.3 is 10.4 Å². The van der Waals surface area contributed by atoms with Crippen LogP contribution in [0.4, 0.5) is 4.39 Å². The van der Waals surface area contributed by atoms with Crippen molar-refractivity contribution in [3.8, 4) is 0 Å². The van der Waals surface area contributed by atoms with Crippen LogP contribution < -0.4 is 5.32 Å². The highest BCUT2D eigenvalue weighted by Gasteiger charge is 2.34. The molecule has 0 saturated heterocycles. The average Bonchev–Trinajstić information content (AvgIpc) is 2.51. The monoisotopic (exact) mass is 299 g/mol. The Bertz CT molecular complexity index is 636. The molecule has 3 nitrogen and oxygen atoms in total. The van der Waals surface area contributed by atoms with Crippen LogP contribution in [0.25, 0.3) is 0 Å². The van der Waals surface area contributed by atoms with Gasteiger partial charge in [0.25, 0.3) is 0 Å². The van der Waals surface area contributed by atoms with Gasteiger partial charge in [-0.15, -0.1) is 0 Å². The zero-order chi connectivity index (χ0) is 15.5. The van der Waals surface area contributed by atoms with E-state index < -0.39 is 0 Å². The number of nitrogens with one attached hydrogen (secondary N) is 1. The lowest BCUT2D eigenvalue weighted by Gasteiger charge is -2.32. The summed E-state index contributed by atoms with van der Waals surface area (Å²) in [6.07, 6.45) is 0.657. The fourth-order valence-corrected chi connectivity index (χ4v) is 2.72. The van der Waals surface area contributed by atoms with E-state index in [1.807, 2.05) is 30.3 Å². The molecule has 22 heavy (non-hydrogen) atoms. The summed E-state index contributed by atoms with van der Waals surface area (Å²) in [6, 6.07) is 15.4. The highest BCUT2D eigenvalue weighted by Crippen LogP contribution is 2.29. The topological polar surface area (TPSA) is 49.3 Å². The second kappa shape index (κ2) is 6.28. The van der Waals surface area contributed by atoms with Crippen molar-refractivity contribution in [1.82, 2.24) is 5.32 Å². The zero-order valence-corrected chi connectivity index (χ0v) is 12.1. The Morgan fingerprint density at radius 3 is 2.23 bits per heavy atom. The maximum Gasteiger partial charge on any atom is 0.224 e. The summed E-state index contributed by atoms with van der Waals surface area (Å²) < 4.78 is 13.1. The van der Waals surface area contributed by atoms with E-state index >= 15 is 0 Å². The fourth-order valence-electron chi connectivity index (χ4n) is 2.72. The van der Waals surface area contributed by atoms with Gasteiger partial charge in [-0.25, -0.2) is 4.39 Å². The molecular weight excluding hydrogens is 281 g/mol. The normalized spacial score (nSPS) is 21.7. The summed E-state index contributed by atoms with van der Waals surface area (Å²) in [5.74, 6) is -0.505. The van der Waals surface area contributed by atoms with Crippen LogP contribution in [-0.2, 0) is 4.79 Å². The summed E-state index contributed by atoms with van der Waals surface area (Å²) >= 11 is 0. The number of halogens is 1. The van der Waals surface area contributed by atoms with Crippen LogP contribution in [0, 0.1) is 11.7 Å². The van der Waals surface area contributed by atoms with Gasteiger partial charge >= 0.3 is 0 Å². The van der Waals surface area contributed by atoms with Gasteiger partial charge in [-0.05, 0) is 36.1 Å². The van der Waals surface area contributed by atoms with Gasteiger partial charge in [-0.1, -0.05) is 42.5 Å². The number of rotatable bonds is 4. The number of amides is 1. The maximum atomic E-state index is 13.1. The number of hydrogen-bond acceptors (Lipinski definition) is 2. The van der Waals surface area contributed by atoms with Gasteiger partial charge in [0.2, 0.25) is 5.91 Å². The Morgan fingerprint density at radius 2 is 1.64 bits per heavy atom. The molecule has 4 heteroatoms.